The third-order valence-corrected chi connectivity index (χ3v) is 6.87. The van der Waals surface area contributed by atoms with E-state index in [1.54, 1.807) is 7.11 Å². The highest BCUT2D eigenvalue weighted by Crippen LogP contribution is 2.34. The Labute approximate surface area is 182 Å². The number of aryl methyl sites for hydroxylation is 1. The second-order valence-corrected chi connectivity index (χ2v) is 9.16. The van der Waals surface area contributed by atoms with Gasteiger partial charge in [0.2, 0.25) is 0 Å². The number of para-hydroxylation sites is 1. The molecule has 2 aromatic rings. The Morgan fingerprint density at radius 2 is 2.03 bits per heavy atom. The molecule has 0 spiro atoms. The van der Waals surface area contributed by atoms with Crippen LogP contribution in [0.15, 0.2) is 47.4 Å². The smallest absolute Gasteiger partial charge is 0.264 e. The molecule has 0 aliphatic carbocycles. The van der Waals surface area contributed by atoms with Crippen LogP contribution in [0.4, 0.5) is 5.69 Å². The Bertz CT molecular complexity index is 997. The molecule has 0 fully saturated rings. The van der Waals surface area contributed by atoms with E-state index in [0.717, 1.165) is 18.4 Å². The van der Waals surface area contributed by atoms with E-state index in [9.17, 15) is 13.2 Å². The monoisotopic (exact) mass is 452 g/mol. The van der Waals surface area contributed by atoms with Crippen LogP contribution in [0.2, 0.25) is 5.02 Å². The van der Waals surface area contributed by atoms with Gasteiger partial charge in [0.05, 0.1) is 15.6 Å². The lowest BCUT2D eigenvalue weighted by molar-refractivity contribution is -0.123. The summed E-state index contributed by atoms with van der Waals surface area (Å²) < 4.78 is 38.2. The molecule has 0 radical (unpaired) electrons. The average Bonchev–Trinajstić information content (AvgIpc) is 2.75. The van der Waals surface area contributed by atoms with Gasteiger partial charge in [0.15, 0.2) is 6.61 Å². The first-order chi connectivity index (χ1) is 14.4. The molecule has 9 heteroatoms. The molecule has 162 valence electrons. The van der Waals surface area contributed by atoms with Crippen molar-refractivity contribution >= 4 is 33.2 Å². The SMILES string of the molecule is COCCCNC(=O)COc1ccc(S(=O)(=O)N2CCCc3ccccc32)cc1Cl. The molecule has 0 atom stereocenters. The first-order valence-electron chi connectivity index (χ1n) is 9.72. The lowest BCUT2D eigenvalue weighted by Gasteiger charge is -2.30. The van der Waals surface area contributed by atoms with Crippen molar-refractivity contribution in [3.63, 3.8) is 0 Å². The molecule has 2 aromatic carbocycles. The van der Waals surface area contributed by atoms with Crippen LogP contribution < -0.4 is 14.4 Å². The number of hydrogen-bond donors (Lipinski definition) is 1. The number of halogens is 1. The summed E-state index contributed by atoms with van der Waals surface area (Å²) in [7, 11) is -2.16. The summed E-state index contributed by atoms with van der Waals surface area (Å²) in [6, 6.07) is 11.8. The van der Waals surface area contributed by atoms with E-state index < -0.39 is 10.0 Å². The Balaban J connectivity index is 1.68. The lowest BCUT2D eigenvalue weighted by Crippen LogP contribution is -2.35. The number of methoxy groups -OCH3 is 1. The van der Waals surface area contributed by atoms with Crippen molar-refractivity contribution < 1.29 is 22.7 Å². The minimum atomic E-state index is -3.76. The topological polar surface area (TPSA) is 84.9 Å². The van der Waals surface area contributed by atoms with E-state index in [0.29, 0.717) is 31.8 Å². The van der Waals surface area contributed by atoms with E-state index in [1.807, 2.05) is 24.3 Å². The Morgan fingerprint density at radius 3 is 2.80 bits per heavy atom. The highest BCUT2D eigenvalue weighted by Gasteiger charge is 2.29. The summed E-state index contributed by atoms with van der Waals surface area (Å²) in [5.74, 6) is -0.0366. The lowest BCUT2D eigenvalue weighted by atomic mass is 10.0. The number of ether oxygens (including phenoxy) is 2. The van der Waals surface area contributed by atoms with E-state index in [1.165, 1.54) is 22.5 Å². The minimum absolute atomic E-state index is 0.0839. The van der Waals surface area contributed by atoms with Crippen molar-refractivity contribution in [1.29, 1.82) is 0 Å². The molecule has 0 aromatic heterocycles. The number of nitrogens with one attached hydrogen (secondary N) is 1. The third-order valence-electron chi connectivity index (χ3n) is 4.77. The third kappa shape index (κ3) is 5.24. The van der Waals surface area contributed by atoms with Crippen LogP contribution in [0.3, 0.4) is 0 Å². The van der Waals surface area contributed by atoms with Gasteiger partial charge in [0, 0.05) is 26.8 Å². The molecule has 1 aliphatic heterocycles. The van der Waals surface area contributed by atoms with E-state index in [4.69, 9.17) is 21.1 Å². The molecule has 7 nitrogen and oxygen atoms in total. The zero-order valence-electron chi connectivity index (χ0n) is 16.8. The maximum absolute atomic E-state index is 13.2. The minimum Gasteiger partial charge on any atom is -0.482 e. The summed E-state index contributed by atoms with van der Waals surface area (Å²) in [5.41, 5.74) is 1.71. The molecular formula is C21H25ClN2O5S. The number of anilines is 1. The number of hydrogen-bond acceptors (Lipinski definition) is 5. The predicted molar refractivity (Wildman–Crippen MR) is 116 cm³/mol. The Kier molecular flexibility index (Phi) is 7.58. The van der Waals surface area contributed by atoms with Gasteiger partial charge >= 0.3 is 0 Å². The van der Waals surface area contributed by atoms with Crippen molar-refractivity contribution in [3.8, 4) is 5.75 Å². The number of sulfonamides is 1. The maximum Gasteiger partial charge on any atom is 0.264 e. The molecule has 1 aliphatic rings. The summed E-state index contributed by atoms with van der Waals surface area (Å²) in [6.45, 7) is 1.25. The summed E-state index contributed by atoms with van der Waals surface area (Å²) in [6.07, 6.45) is 2.31. The van der Waals surface area contributed by atoms with E-state index in [2.05, 4.69) is 5.32 Å². The number of carbonyl (C=O) groups excluding carboxylic acids is 1. The van der Waals surface area contributed by atoms with Gasteiger partial charge < -0.3 is 14.8 Å². The van der Waals surface area contributed by atoms with Crippen molar-refractivity contribution in [2.24, 2.45) is 0 Å². The normalized spacial score (nSPS) is 13.6. The second-order valence-electron chi connectivity index (χ2n) is 6.89. The van der Waals surface area contributed by atoms with Crippen molar-refractivity contribution in [2.75, 3.05) is 37.7 Å². The van der Waals surface area contributed by atoms with E-state index >= 15 is 0 Å². The highest BCUT2D eigenvalue weighted by molar-refractivity contribution is 7.92. The van der Waals surface area contributed by atoms with Crippen LogP contribution in [0.25, 0.3) is 0 Å². The zero-order chi connectivity index (χ0) is 21.6. The molecule has 1 N–H and O–H groups in total. The van der Waals surface area contributed by atoms with Gasteiger partial charge in [0.25, 0.3) is 15.9 Å². The molecule has 3 rings (SSSR count). The van der Waals surface area contributed by atoms with Crippen LogP contribution in [0.5, 0.6) is 5.75 Å². The van der Waals surface area contributed by atoms with Gasteiger partial charge in [-0.3, -0.25) is 9.10 Å². The van der Waals surface area contributed by atoms with Gasteiger partial charge in [-0.1, -0.05) is 29.8 Å². The molecule has 1 heterocycles. The maximum atomic E-state index is 13.2. The molecule has 0 bridgehead atoms. The van der Waals surface area contributed by atoms with Gasteiger partial charge in [0.1, 0.15) is 5.75 Å². The quantitative estimate of drug-likeness (QED) is 0.591. The predicted octanol–water partition coefficient (Wildman–Crippen LogP) is 3.01. The molecule has 0 unspecified atom stereocenters. The molecule has 30 heavy (non-hydrogen) atoms. The van der Waals surface area contributed by atoms with Gasteiger partial charge in [-0.25, -0.2) is 8.42 Å². The first-order valence-corrected chi connectivity index (χ1v) is 11.5. The van der Waals surface area contributed by atoms with Crippen LogP contribution >= 0.6 is 11.6 Å². The van der Waals surface area contributed by atoms with Crippen LogP contribution in [0.1, 0.15) is 18.4 Å². The van der Waals surface area contributed by atoms with Crippen molar-refractivity contribution in [1.82, 2.24) is 5.32 Å². The average molecular weight is 453 g/mol. The Hall–Kier alpha value is -2.29. The molecule has 0 saturated heterocycles. The fraction of sp³-hybridized carbons (Fsp3) is 0.381. The standard InChI is InChI=1S/C21H25ClN2O5S/c1-28-13-5-11-23-21(25)15-29-20-10-9-17(14-18(20)22)30(26,27)24-12-4-7-16-6-2-3-8-19(16)24/h2-3,6,8-10,14H,4-5,7,11-13,15H2,1H3,(H,23,25). The molecule has 0 saturated carbocycles. The summed E-state index contributed by atoms with van der Waals surface area (Å²) >= 11 is 6.25. The van der Waals surface area contributed by atoms with Gasteiger partial charge in [-0.05, 0) is 49.1 Å². The second kappa shape index (κ2) is 10.1. The number of amides is 1. The Morgan fingerprint density at radius 1 is 1.23 bits per heavy atom. The number of nitrogens with zero attached hydrogens (tertiary/aromatic N) is 1. The zero-order valence-corrected chi connectivity index (χ0v) is 18.3. The number of carbonyl (C=O) groups is 1. The van der Waals surface area contributed by atoms with Gasteiger partial charge in [-0.2, -0.15) is 0 Å². The van der Waals surface area contributed by atoms with Crippen LogP contribution in [-0.2, 0) is 26.0 Å². The largest absolute Gasteiger partial charge is 0.482 e. The summed E-state index contributed by atoms with van der Waals surface area (Å²) in [4.78, 5) is 11.9. The van der Waals surface area contributed by atoms with Gasteiger partial charge in [-0.15, -0.1) is 0 Å². The fourth-order valence-corrected chi connectivity index (χ4v) is 5.14. The van der Waals surface area contributed by atoms with Crippen molar-refractivity contribution in [3.05, 3.63) is 53.1 Å². The van der Waals surface area contributed by atoms with Crippen molar-refractivity contribution in [2.45, 2.75) is 24.2 Å². The van der Waals surface area contributed by atoms with Crippen LogP contribution in [-0.4, -0.2) is 47.7 Å². The molecular weight excluding hydrogens is 428 g/mol. The van der Waals surface area contributed by atoms with E-state index in [-0.39, 0.29) is 28.2 Å². The number of fused-ring (bicyclic) bond motifs is 1. The molecule has 1 amide bonds. The first kappa shape index (κ1) is 22.4. The summed E-state index contributed by atoms with van der Waals surface area (Å²) in [5, 5.41) is 2.84. The highest BCUT2D eigenvalue weighted by atomic mass is 35.5. The van der Waals surface area contributed by atoms with Crippen LogP contribution in [0, 0.1) is 0 Å². The number of rotatable bonds is 9. The fourth-order valence-electron chi connectivity index (χ4n) is 3.27. The number of benzene rings is 2.